The van der Waals surface area contributed by atoms with Gasteiger partial charge in [0.2, 0.25) is 0 Å². The molecular weight excluding hydrogens is 389 g/mol. The molecule has 1 saturated heterocycles. The van der Waals surface area contributed by atoms with Gasteiger partial charge in [0.25, 0.3) is 11.8 Å². The molecule has 0 atom stereocenters. The Kier molecular flexibility index (Phi) is 5.67. The summed E-state index contributed by atoms with van der Waals surface area (Å²) >= 11 is 1.30. The van der Waals surface area contributed by atoms with Crippen molar-refractivity contribution in [1.82, 2.24) is 15.2 Å². The van der Waals surface area contributed by atoms with Gasteiger partial charge in [-0.15, -0.1) is 11.3 Å². The van der Waals surface area contributed by atoms with Gasteiger partial charge in [-0.05, 0) is 43.2 Å². The molecular formula is C22H20FN3O2S. The van der Waals surface area contributed by atoms with E-state index in [0.717, 1.165) is 4.88 Å². The molecule has 29 heavy (non-hydrogen) atoms. The predicted octanol–water partition coefficient (Wildman–Crippen LogP) is 3.98. The van der Waals surface area contributed by atoms with Crippen LogP contribution in [0.25, 0.3) is 10.4 Å². The van der Waals surface area contributed by atoms with E-state index in [4.69, 9.17) is 0 Å². The van der Waals surface area contributed by atoms with Crippen molar-refractivity contribution in [1.29, 1.82) is 0 Å². The van der Waals surface area contributed by atoms with Gasteiger partial charge in [0.05, 0.1) is 10.4 Å². The number of benzene rings is 1. The van der Waals surface area contributed by atoms with Gasteiger partial charge in [0.1, 0.15) is 5.82 Å². The van der Waals surface area contributed by atoms with Crippen molar-refractivity contribution in [2.24, 2.45) is 0 Å². The summed E-state index contributed by atoms with van der Waals surface area (Å²) in [5.41, 5.74) is 1.04. The van der Waals surface area contributed by atoms with Gasteiger partial charge in [-0.3, -0.25) is 14.6 Å². The Morgan fingerprint density at radius 2 is 1.86 bits per heavy atom. The predicted molar refractivity (Wildman–Crippen MR) is 110 cm³/mol. The molecule has 0 saturated carbocycles. The molecule has 5 nitrogen and oxygen atoms in total. The number of hydrogen-bond donors (Lipinski definition) is 1. The average molecular weight is 409 g/mol. The summed E-state index contributed by atoms with van der Waals surface area (Å²) in [6, 6.07) is 13.6. The SMILES string of the molecule is O=C(NC1CCN(C(=O)c2ccc(-c3ccccc3F)s2)CC1)c1cccnc1. The van der Waals surface area contributed by atoms with E-state index in [0.29, 0.717) is 41.9 Å². The van der Waals surface area contributed by atoms with E-state index in [1.165, 1.54) is 23.6 Å². The highest BCUT2D eigenvalue weighted by molar-refractivity contribution is 7.17. The van der Waals surface area contributed by atoms with Crippen LogP contribution in [0, 0.1) is 5.82 Å². The summed E-state index contributed by atoms with van der Waals surface area (Å²) in [6.45, 7) is 1.15. The lowest BCUT2D eigenvalue weighted by Crippen LogP contribution is -2.46. The summed E-state index contributed by atoms with van der Waals surface area (Å²) in [7, 11) is 0. The number of nitrogens with zero attached hydrogens (tertiary/aromatic N) is 2. The van der Waals surface area contributed by atoms with Crippen LogP contribution in [0.5, 0.6) is 0 Å². The van der Waals surface area contributed by atoms with Gasteiger partial charge < -0.3 is 10.2 Å². The van der Waals surface area contributed by atoms with Crippen LogP contribution in [0.2, 0.25) is 0 Å². The smallest absolute Gasteiger partial charge is 0.263 e. The van der Waals surface area contributed by atoms with Crippen molar-refractivity contribution in [3.05, 3.63) is 77.2 Å². The number of halogens is 1. The first kappa shape index (κ1) is 19.3. The van der Waals surface area contributed by atoms with E-state index < -0.39 is 0 Å². The topological polar surface area (TPSA) is 62.3 Å². The highest BCUT2D eigenvalue weighted by Crippen LogP contribution is 2.31. The first-order valence-corrected chi connectivity index (χ1v) is 10.3. The number of amides is 2. The molecule has 2 aromatic heterocycles. The van der Waals surface area contributed by atoms with Gasteiger partial charge in [0, 0.05) is 42.0 Å². The molecule has 4 rings (SSSR count). The fourth-order valence-electron chi connectivity index (χ4n) is 3.41. The Hall–Kier alpha value is -3.06. The Morgan fingerprint density at radius 1 is 1.07 bits per heavy atom. The standard InChI is InChI=1S/C22H20FN3O2S/c23-18-6-2-1-5-17(18)19-7-8-20(29-19)22(28)26-12-9-16(10-13-26)25-21(27)15-4-3-11-24-14-15/h1-8,11,14,16H,9-10,12-13H2,(H,25,27). The van der Waals surface area contributed by atoms with Crippen molar-refractivity contribution < 1.29 is 14.0 Å². The van der Waals surface area contributed by atoms with Crippen LogP contribution < -0.4 is 5.32 Å². The van der Waals surface area contributed by atoms with E-state index in [-0.39, 0.29) is 23.7 Å². The number of likely N-dealkylation sites (tertiary alicyclic amines) is 1. The molecule has 148 valence electrons. The molecule has 1 N–H and O–H groups in total. The van der Waals surface area contributed by atoms with E-state index in [1.54, 1.807) is 53.6 Å². The summed E-state index contributed by atoms with van der Waals surface area (Å²) in [5, 5.41) is 3.01. The van der Waals surface area contributed by atoms with Crippen LogP contribution in [0.15, 0.2) is 60.9 Å². The Morgan fingerprint density at radius 3 is 2.59 bits per heavy atom. The summed E-state index contributed by atoms with van der Waals surface area (Å²) < 4.78 is 14.0. The number of hydrogen-bond acceptors (Lipinski definition) is 4. The fourth-order valence-corrected chi connectivity index (χ4v) is 4.41. The van der Waals surface area contributed by atoms with Crippen molar-refractivity contribution in [3.8, 4) is 10.4 Å². The second-order valence-electron chi connectivity index (χ2n) is 6.93. The second kappa shape index (κ2) is 8.53. The van der Waals surface area contributed by atoms with Gasteiger partial charge >= 0.3 is 0 Å². The lowest BCUT2D eigenvalue weighted by molar-refractivity contribution is 0.0702. The lowest BCUT2D eigenvalue weighted by Gasteiger charge is -2.32. The molecule has 0 unspecified atom stereocenters. The molecule has 0 aliphatic carbocycles. The number of nitrogens with one attached hydrogen (secondary N) is 1. The van der Waals surface area contributed by atoms with Crippen LogP contribution in [0.3, 0.4) is 0 Å². The molecule has 1 aliphatic rings. The van der Waals surface area contributed by atoms with Gasteiger partial charge in [-0.25, -0.2) is 4.39 Å². The number of aromatic nitrogens is 1. The minimum atomic E-state index is -0.293. The van der Waals surface area contributed by atoms with Crippen molar-refractivity contribution in [3.63, 3.8) is 0 Å². The third kappa shape index (κ3) is 4.35. The van der Waals surface area contributed by atoms with E-state index in [2.05, 4.69) is 10.3 Å². The zero-order valence-corrected chi connectivity index (χ0v) is 16.5. The zero-order valence-electron chi connectivity index (χ0n) is 15.7. The normalized spacial score (nSPS) is 14.6. The minimum absolute atomic E-state index is 0.0315. The van der Waals surface area contributed by atoms with Gasteiger partial charge in [0.15, 0.2) is 0 Å². The van der Waals surface area contributed by atoms with E-state index in [1.807, 2.05) is 0 Å². The molecule has 0 bridgehead atoms. The molecule has 0 spiro atoms. The molecule has 1 aliphatic heterocycles. The molecule has 3 aromatic rings. The highest BCUT2D eigenvalue weighted by atomic mass is 32.1. The maximum Gasteiger partial charge on any atom is 0.263 e. The van der Waals surface area contributed by atoms with Gasteiger partial charge in [-0.2, -0.15) is 0 Å². The molecule has 7 heteroatoms. The molecule has 1 aromatic carbocycles. The number of rotatable bonds is 4. The van der Waals surface area contributed by atoms with Crippen LogP contribution in [-0.2, 0) is 0 Å². The molecule has 0 radical (unpaired) electrons. The molecule has 2 amide bonds. The average Bonchev–Trinajstić information content (AvgIpc) is 3.25. The number of thiophene rings is 1. The summed E-state index contributed by atoms with van der Waals surface area (Å²) in [6.07, 6.45) is 4.56. The molecule has 3 heterocycles. The number of piperidine rings is 1. The number of pyridine rings is 1. The Bertz CT molecular complexity index is 1010. The van der Waals surface area contributed by atoms with Crippen molar-refractivity contribution >= 4 is 23.2 Å². The monoisotopic (exact) mass is 409 g/mol. The summed E-state index contributed by atoms with van der Waals surface area (Å²) in [4.78, 5) is 32.2. The van der Waals surface area contributed by atoms with E-state index >= 15 is 0 Å². The minimum Gasteiger partial charge on any atom is -0.349 e. The van der Waals surface area contributed by atoms with Crippen molar-refractivity contribution in [2.75, 3.05) is 13.1 Å². The third-order valence-electron chi connectivity index (χ3n) is 5.00. The first-order valence-electron chi connectivity index (χ1n) is 9.47. The second-order valence-corrected chi connectivity index (χ2v) is 8.01. The maximum atomic E-state index is 14.0. The highest BCUT2D eigenvalue weighted by Gasteiger charge is 2.26. The van der Waals surface area contributed by atoms with E-state index in [9.17, 15) is 14.0 Å². The number of carbonyl (C=O) groups is 2. The zero-order chi connectivity index (χ0) is 20.2. The Labute approximate surface area is 172 Å². The number of carbonyl (C=O) groups excluding carboxylic acids is 2. The van der Waals surface area contributed by atoms with Crippen LogP contribution in [-0.4, -0.2) is 40.8 Å². The maximum absolute atomic E-state index is 14.0. The quantitative estimate of drug-likeness (QED) is 0.709. The largest absolute Gasteiger partial charge is 0.349 e. The fraction of sp³-hybridized carbons (Fsp3) is 0.227. The lowest BCUT2D eigenvalue weighted by atomic mass is 10.0. The Balaban J connectivity index is 1.35. The van der Waals surface area contributed by atoms with Crippen LogP contribution in [0.4, 0.5) is 4.39 Å². The third-order valence-corrected chi connectivity index (χ3v) is 6.10. The van der Waals surface area contributed by atoms with Gasteiger partial charge in [-0.1, -0.05) is 18.2 Å². The van der Waals surface area contributed by atoms with Crippen molar-refractivity contribution in [2.45, 2.75) is 18.9 Å². The van der Waals surface area contributed by atoms with Crippen LogP contribution in [0.1, 0.15) is 32.9 Å². The summed E-state index contributed by atoms with van der Waals surface area (Å²) in [5.74, 6) is -0.483. The molecule has 1 fully saturated rings. The first-order chi connectivity index (χ1) is 14.1. The van der Waals surface area contributed by atoms with Crippen LogP contribution >= 0.6 is 11.3 Å².